The van der Waals surface area contributed by atoms with Gasteiger partial charge in [0.25, 0.3) is 5.91 Å². The Morgan fingerprint density at radius 1 is 0.963 bits per heavy atom. The number of benzene rings is 2. The molecular formula is C20H20N2O4S. The van der Waals surface area contributed by atoms with Gasteiger partial charge in [0.1, 0.15) is 0 Å². The maximum Gasteiger partial charge on any atom is 0.253 e. The quantitative estimate of drug-likeness (QED) is 0.631. The molecule has 0 saturated heterocycles. The van der Waals surface area contributed by atoms with Crippen molar-refractivity contribution in [2.24, 2.45) is 0 Å². The van der Waals surface area contributed by atoms with Crippen LogP contribution in [0.5, 0.6) is 0 Å². The zero-order valence-electron chi connectivity index (χ0n) is 15.3. The Balaban J connectivity index is 1.99. The minimum Gasteiger partial charge on any atom is -0.345 e. The summed E-state index contributed by atoms with van der Waals surface area (Å²) in [7, 11) is -0.346. The van der Waals surface area contributed by atoms with E-state index in [-0.39, 0.29) is 23.1 Å². The van der Waals surface area contributed by atoms with Crippen molar-refractivity contribution in [3.63, 3.8) is 0 Å². The van der Waals surface area contributed by atoms with Gasteiger partial charge < -0.3 is 4.90 Å². The number of sulfonamides is 1. The van der Waals surface area contributed by atoms with E-state index >= 15 is 0 Å². The maximum atomic E-state index is 12.2. The van der Waals surface area contributed by atoms with Gasteiger partial charge in [0.2, 0.25) is 10.0 Å². The first kappa shape index (κ1) is 20.4. The second kappa shape index (κ2) is 8.62. The van der Waals surface area contributed by atoms with E-state index < -0.39 is 10.0 Å². The number of nitrogens with one attached hydrogen (secondary N) is 1. The molecule has 0 spiro atoms. The van der Waals surface area contributed by atoms with Crippen molar-refractivity contribution in [3.8, 4) is 11.8 Å². The third-order valence-corrected chi connectivity index (χ3v) is 5.11. The number of hydrogen-bond acceptors (Lipinski definition) is 4. The van der Waals surface area contributed by atoms with Gasteiger partial charge in [0.15, 0.2) is 5.78 Å². The number of nitrogens with zero attached hydrogens (tertiary/aromatic N) is 1. The third kappa shape index (κ3) is 5.51. The van der Waals surface area contributed by atoms with E-state index in [4.69, 9.17) is 0 Å². The summed E-state index contributed by atoms with van der Waals surface area (Å²) < 4.78 is 26.8. The van der Waals surface area contributed by atoms with E-state index in [0.29, 0.717) is 16.7 Å². The molecule has 0 heterocycles. The lowest BCUT2D eigenvalue weighted by Crippen LogP contribution is -2.24. The first-order valence-corrected chi connectivity index (χ1v) is 9.60. The summed E-state index contributed by atoms with van der Waals surface area (Å²) in [6, 6.07) is 12.5. The molecule has 27 heavy (non-hydrogen) atoms. The van der Waals surface area contributed by atoms with E-state index in [2.05, 4.69) is 16.6 Å². The second-order valence-electron chi connectivity index (χ2n) is 5.98. The molecule has 0 bridgehead atoms. The van der Waals surface area contributed by atoms with Crippen LogP contribution in [-0.2, 0) is 10.0 Å². The van der Waals surface area contributed by atoms with Crippen molar-refractivity contribution >= 4 is 21.7 Å². The molecule has 1 N–H and O–H groups in total. The van der Waals surface area contributed by atoms with Gasteiger partial charge in [-0.3, -0.25) is 9.59 Å². The minimum atomic E-state index is -3.70. The highest BCUT2D eigenvalue weighted by molar-refractivity contribution is 7.89. The summed E-state index contributed by atoms with van der Waals surface area (Å²) in [5.74, 6) is 5.35. The minimum absolute atomic E-state index is 0.0603. The standard InChI is InChI=1S/C20H20N2O4S/c1-15(23)17-10-12-19(13-11-17)27(25,26)21-14-4-5-16-6-8-18(9-7-16)20(24)22(2)3/h6-13,21H,14H2,1-3H3. The van der Waals surface area contributed by atoms with E-state index in [9.17, 15) is 18.0 Å². The fourth-order valence-corrected chi connectivity index (χ4v) is 3.11. The van der Waals surface area contributed by atoms with Crippen LogP contribution in [0.15, 0.2) is 53.4 Å². The van der Waals surface area contributed by atoms with Crippen LogP contribution in [-0.4, -0.2) is 45.6 Å². The summed E-state index contributed by atoms with van der Waals surface area (Å²) in [6.07, 6.45) is 0. The van der Waals surface area contributed by atoms with Gasteiger partial charge in [-0.05, 0) is 43.3 Å². The molecule has 2 rings (SSSR count). The van der Waals surface area contributed by atoms with Crippen LogP contribution in [0.3, 0.4) is 0 Å². The summed E-state index contributed by atoms with van der Waals surface area (Å²) in [5.41, 5.74) is 1.68. The average molecular weight is 384 g/mol. The van der Waals surface area contributed by atoms with Gasteiger partial charge >= 0.3 is 0 Å². The van der Waals surface area contributed by atoms with Crippen molar-refractivity contribution in [1.82, 2.24) is 9.62 Å². The lowest BCUT2D eigenvalue weighted by molar-refractivity contribution is 0.0827. The molecule has 0 aliphatic carbocycles. The Morgan fingerprint density at radius 3 is 2.04 bits per heavy atom. The molecule has 6 nitrogen and oxygen atoms in total. The molecule has 140 valence electrons. The zero-order valence-corrected chi connectivity index (χ0v) is 16.1. The Morgan fingerprint density at radius 2 is 1.52 bits per heavy atom. The van der Waals surface area contributed by atoms with Crippen LogP contribution in [0, 0.1) is 11.8 Å². The van der Waals surface area contributed by atoms with Crippen molar-refractivity contribution in [2.75, 3.05) is 20.6 Å². The van der Waals surface area contributed by atoms with Crippen molar-refractivity contribution in [3.05, 3.63) is 65.2 Å². The highest BCUT2D eigenvalue weighted by atomic mass is 32.2. The first-order valence-electron chi connectivity index (χ1n) is 8.12. The maximum absolute atomic E-state index is 12.2. The molecule has 0 aliphatic heterocycles. The van der Waals surface area contributed by atoms with Crippen LogP contribution in [0.25, 0.3) is 0 Å². The first-order chi connectivity index (χ1) is 12.7. The third-order valence-electron chi connectivity index (χ3n) is 3.69. The number of amides is 1. The fourth-order valence-electron chi connectivity index (χ4n) is 2.18. The fraction of sp³-hybridized carbons (Fsp3) is 0.200. The van der Waals surface area contributed by atoms with Gasteiger partial charge in [-0.1, -0.05) is 24.0 Å². The zero-order chi connectivity index (χ0) is 20.0. The molecule has 0 unspecified atom stereocenters. The topological polar surface area (TPSA) is 83.5 Å². The van der Waals surface area contributed by atoms with E-state index in [1.807, 2.05) is 0 Å². The van der Waals surface area contributed by atoms with Crippen LogP contribution >= 0.6 is 0 Å². The van der Waals surface area contributed by atoms with E-state index in [0.717, 1.165) is 0 Å². The Labute approximate surface area is 159 Å². The van der Waals surface area contributed by atoms with Gasteiger partial charge in [-0.15, -0.1) is 0 Å². The second-order valence-corrected chi connectivity index (χ2v) is 7.75. The van der Waals surface area contributed by atoms with Gasteiger partial charge in [-0.2, -0.15) is 4.72 Å². The lowest BCUT2D eigenvalue weighted by Gasteiger charge is -2.09. The molecule has 0 radical (unpaired) electrons. The number of ketones is 1. The van der Waals surface area contributed by atoms with Crippen LogP contribution < -0.4 is 4.72 Å². The van der Waals surface area contributed by atoms with Crippen molar-refractivity contribution < 1.29 is 18.0 Å². The number of carbonyl (C=O) groups is 2. The van der Waals surface area contributed by atoms with Gasteiger partial charge in [-0.25, -0.2) is 8.42 Å². The molecule has 0 aliphatic rings. The molecule has 0 fully saturated rings. The predicted molar refractivity (Wildman–Crippen MR) is 103 cm³/mol. The SMILES string of the molecule is CC(=O)c1ccc(S(=O)(=O)NCC#Cc2ccc(C(=O)N(C)C)cc2)cc1. The summed E-state index contributed by atoms with van der Waals surface area (Å²) >= 11 is 0. The molecular weight excluding hydrogens is 364 g/mol. The van der Waals surface area contributed by atoms with E-state index in [1.54, 1.807) is 38.4 Å². The lowest BCUT2D eigenvalue weighted by atomic mass is 10.1. The molecule has 1 amide bonds. The number of hydrogen-bond donors (Lipinski definition) is 1. The highest BCUT2D eigenvalue weighted by Gasteiger charge is 2.13. The van der Waals surface area contributed by atoms with Crippen LogP contribution in [0.2, 0.25) is 0 Å². The van der Waals surface area contributed by atoms with Crippen molar-refractivity contribution in [2.45, 2.75) is 11.8 Å². The van der Waals surface area contributed by atoms with Gasteiger partial charge in [0.05, 0.1) is 11.4 Å². The summed E-state index contributed by atoms with van der Waals surface area (Å²) in [6.45, 7) is 1.36. The Kier molecular flexibility index (Phi) is 6.50. The molecule has 0 aromatic heterocycles. The summed E-state index contributed by atoms with van der Waals surface area (Å²) in [4.78, 5) is 24.6. The predicted octanol–water partition coefficient (Wildman–Crippen LogP) is 1.92. The van der Waals surface area contributed by atoms with E-state index in [1.165, 1.54) is 36.1 Å². The number of rotatable bonds is 5. The normalized spacial score (nSPS) is 10.6. The molecule has 7 heteroatoms. The monoisotopic (exact) mass is 384 g/mol. The molecule has 2 aromatic carbocycles. The van der Waals surface area contributed by atoms with Crippen LogP contribution in [0.4, 0.5) is 0 Å². The number of Topliss-reactive ketones (excluding diaryl/α,β-unsaturated/α-hetero) is 1. The smallest absolute Gasteiger partial charge is 0.253 e. The largest absolute Gasteiger partial charge is 0.345 e. The van der Waals surface area contributed by atoms with Crippen molar-refractivity contribution in [1.29, 1.82) is 0 Å². The Bertz CT molecular complexity index is 997. The molecule has 2 aromatic rings. The molecule has 0 saturated carbocycles. The average Bonchev–Trinajstić information content (AvgIpc) is 2.65. The molecule has 0 atom stereocenters. The number of carbonyl (C=O) groups excluding carboxylic acids is 2. The Hall–Kier alpha value is -2.95. The summed E-state index contributed by atoms with van der Waals surface area (Å²) in [5, 5.41) is 0. The van der Waals surface area contributed by atoms with Gasteiger partial charge in [0, 0.05) is 30.8 Å². The highest BCUT2D eigenvalue weighted by Crippen LogP contribution is 2.10. The van der Waals surface area contributed by atoms with Crippen LogP contribution in [0.1, 0.15) is 33.2 Å².